The Labute approximate surface area is 81.8 Å². The molecule has 0 spiro atoms. The standard InChI is InChI=1S/C10H11N3O/c11-10-12-8(6-9(14)13-10)7-4-2-1-3-5-7/h1-5,8H,6H2,(H3,11,12,13,14)/t8-/m0/s1. The van der Waals surface area contributed by atoms with Crippen LogP contribution in [0.1, 0.15) is 18.0 Å². The van der Waals surface area contributed by atoms with Gasteiger partial charge >= 0.3 is 0 Å². The fourth-order valence-electron chi connectivity index (χ4n) is 1.48. The Bertz CT molecular complexity index is 372. The lowest BCUT2D eigenvalue weighted by Gasteiger charge is -2.18. The van der Waals surface area contributed by atoms with Gasteiger partial charge in [0.1, 0.15) is 0 Å². The highest BCUT2D eigenvalue weighted by Crippen LogP contribution is 2.22. The van der Waals surface area contributed by atoms with Crippen LogP contribution in [-0.2, 0) is 4.79 Å². The molecular weight excluding hydrogens is 178 g/mol. The third-order valence-corrected chi connectivity index (χ3v) is 2.13. The molecule has 1 heterocycles. The van der Waals surface area contributed by atoms with Crippen LogP contribution in [0.2, 0.25) is 0 Å². The Morgan fingerprint density at radius 1 is 1.36 bits per heavy atom. The van der Waals surface area contributed by atoms with Gasteiger partial charge in [-0.1, -0.05) is 30.3 Å². The molecule has 1 aliphatic rings. The van der Waals surface area contributed by atoms with E-state index in [9.17, 15) is 4.79 Å². The van der Waals surface area contributed by atoms with Gasteiger partial charge in [0.2, 0.25) is 5.91 Å². The zero-order valence-corrected chi connectivity index (χ0v) is 7.60. The van der Waals surface area contributed by atoms with Crippen molar-refractivity contribution in [3.8, 4) is 0 Å². The van der Waals surface area contributed by atoms with E-state index < -0.39 is 0 Å². The second-order valence-corrected chi connectivity index (χ2v) is 3.19. The molecule has 0 aliphatic carbocycles. The molecule has 72 valence electrons. The largest absolute Gasteiger partial charge is 0.370 e. The number of carbonyl (C=O) groups excluding carboxylic acids is 1. The van der Waals surface area contributed by atoms with Crippen molar-refractivity contribution >= 4 is 11.9 Å². The highest BCUT2D eigenvalue weighted by atomic mass is 16.1. The van der Waals surface area contributed by atoms with Gasteiger partial charge in [-0.15, -0.1) is 0 Å². The summed E-state index contributed by atoms with van der Waals surface area (Å²) in [4.78, 5) is 15.4. The maximum Gasteiger partial charge on any atom is 0.229 e. The molecule has 0 radical (unpaired) electrons. The number of aliphatic imine (C=N–C) groups is 1. The molecule has 0 saturated heterocycles. The number of nitrogens with zero attached hydrogens (tertiary/aromatic N) is 1. The molecule has 4 heteroatoms. The van der Waals surface area contributed by atoms with Crippen LogP contribution in [0.4, 0.5) is 0 Å². The van der Waals surface area contributed by atoms with E-state index in [0.29, 0.717) is 6.42 Å². The van der Waals surface area contributed by atoms with Crippen molar-refractivity contribution in [2.45, 2.75) is 12.5 Å². The van der Waals surface area contributed by atoms with Crippen LogP contribution in [0.5, 0.6) is 0 Å². The maximum absolute atomic E-state index is 11.2. The van der Waals surface area contributed by atoms with E-state index in [0.717, 1.165) is 5.56 Å². The first-order valence-electron chi connectivity index (χ1n) is 4.44. The van der Waals surface area contributed by atoms with Crippen LogP contribution < -0.4 is 11.1 Å². The first kappa shape index (κ1) is 8.74. The lowest BCUT2D eigenvalue weighted by molar-refractivity contribution is -0.120. The summed E-state index contributed by atoms with van der Waals surface area (Å²) in [6.07, 6.45) is 0.366. The molecule has 4 nitrogen and oxygen atoms in total. The number of hydrogen-bond acceptors (Lipinski definition) is 3. The minimum Gasteiger partial charge on any atom is -0.370 e. The van der Waals surface area contributed by atoms with Crippen molar-refractivity contribution in [2.75, 3.05) is 0 Å². The number of rotatable bonds is 1. The SMILES string of the molecule is NC1=N[C@H](c2ccccc2)CC(=O)N1. The Balaban J connectivity index is 2.28. The van der Waals surface area contributed by atoms with E-state index >= 15 is 0 Å². The molecule has 1 aliphatic heterocycles. The first-order valence-corrected chi connectivity index (χ1v) is 4.44. The predicted molar refractivity (Wildman–Crippen MR) is 53.6 cm³/mol. The number of amides is 1. The van der Waals surface area contributed by atoms with E-state index in [2.05, 4.69) is 10.3 Å². The number of guanidine groups is 1. The van der Waals surface area contributed by atoms with E-state index in [1.54, 1.807) is 0 Å². The van der Waals surface area contributed by atoms with Gasteiger partial charge < -0.3 is 5.73 Å². The van der Waals surface area contributed by atoms with E-state index in [1.807, 2.05) is 30.3 Å². The van der Waals surface area contributed by atoms with Crippen molar-refractivity contribution in [2.24, 2.45) is 10.7 Å². The van der Waals surface area contributed by atoms with Gasteiger partial charge in [-0.2, -0.15) is 0 Å². The van der Waals surface area contributed by atoms with E-state index in [-0.39, 0.29) is 17.9 Å². The number of benzene rings is 1. The maximum atomic E-state index is 11.2. The second kappa shape index (κ2) is 3.49. The normalized spacial score (nSPS) is 21.3. The summed E-state index contributed by atoms with van der Waals surface area (Å²) in [6.45, 7) is 0. The average Bonchev–Trinajstić information content (AvgIpc) is 2.18. The van der Waals surface area contributed by atoms with Gasteiger partial charge in [-0.05, 0) is 5.56 Å². The minimum atomic E-state index is -0.134. The number of carbonyl (C=O) groups is 1. The first-order chi connectivity index (χ1) is 6.75. The van der Waals surface area contributed by atoms with Gasteiger partial charge in [-0.25, -0.2) is 4.99 Å². The van der Waals surface area contributed by atoms with Gasteiger partial charge in [0, 0.05) is 0 Å². The molecule has 0 saturated carbocycles. The molecule has 1 aromatic carbocycles. The summed E-state index contributed by atoms with van der Waals surface area (Å²) in [5, 5.41) is 2.47. The molecule has 0 fully saturated rings. The molecule has 14 heavy (non-hydrogen) atoms. The topological polar surface area (TPSA) is 67.5 Å². The van der Waals surface area contributed by atoms with Crippen LogP contribution in [0.25, 0.3) is 0 Å². The molecule has 0 unspecified atom stereocenters. The number of nitrogens with one attached hydrogen (secondary N) is 1. The van der Waals surface area contributed by atoms with Crippen molar-refractivity contribution in [3.05, 3.63) is 35.9 Å². The summed E-state index contributed by atoms with van der Waals surface area (Å²) >= 11 is 0. The zero-order valence-electron chi connectivity index (χ0n) is 7.60. The number of nitrogens with two attached hydrogens (primary N) is 1. The summed E-state index contributed by atoms with van der Waals surface area (Å²) in [5.41, 5.74) is 6.49. The molecule has 1 atom stereocenters. The van der Waals surface area contributed by atoms with Crippen molar-refractivity contribution in [1.82, 2.24) is 5.32 Å². The lowest BCUT2D eigenvalue weighted by Crippen LogP contribution is -2.41. The lowest BCUT2D eigenvalue weighted by atomic mass is 10.0. The van der Waals surface area contributed by atoms with Gasteiger partial charge in [-0.3, -0.25) is 10.1 Å². The van der Waals surface area contributed by atoms with Crippen LogP contribution in [0.3, 0.4) is 0 Å². The number of hydrogen-bond donors (Lipinski definition) is 2. The summed E-state index contributed by atoms with van der Waals surface area (Å²) in [6, 6.07) is 9.53. The minimum absolute atomic E-state index is 0.0775. The highest BCUT2D eigenvalue weighted by Gasteiger charge is 2.20. The van der Waals surface area contributed by atoms with Crippen LogP contribution in [-0.4, -0.2) is 11.9 Å². The second-order valence-electron chi connectivity index (χ2n) is 3.19. The summed E-state index contributed by atoms with van der Waals surface area (Å²) in [5.74, 6) is 0.126. The molecule has 0 bridgehead atoms. The third kappa shape index (κ3) is 1.74. The quantitative estimate of drug-likeness (QED) is 0.678. The summed E-state index contributed by atoms with van der Waals surface area (Å²) in [7, 11) is 0. The fourth-order valence-corrected chi connectivity index (χ4v) is 1.48. The van der Waals surface area contributed by atoms with Gasteiger partial charge in [0.05, 0.1) is 12.5 Å². The smallest absolute Gasteiger partial charge is 0.229 e. The molecule has 1 amide bonds. The third-order valence-electron chi connectivity index (χ3n) is 2.13. The van der Waals surface area contributed by atoms with Crippen LogP contribution in [0, 0.1) is 0 Å². The Morgan fingerprint density at radius 2 is 2.07 bits per heavy atom. The van der Waals surface area contributed by atoms with Crippen molar-refractivity contribution < 1.29 is 4.79 Å². The molecule has 2 rings (SSSR count). The van der Waals surface area contributed by atoms with Gasteiger partial charge in [0.25, 0.3) is 0 Å². The Kier molecular flexibility index (Phi) is 2.18. The average molecular weight is 189 g/mol. The summed E-state index contributed by atoms with van der Waals surface area (Å²) < 4.78 is 0. The molecule has 0 aromatic heterocycles. The van der Waals surface area contributed by atoms with Crippen LogP contribution in [0.15, 0.2) is 35.3 Å². The molecular formula is C10H11N3O. The van der Waals surface area contributed by atoms with E-state index in [4.69, 9.17) is 5.73 Å². The highest BCUT2D eigenvalue weighted by molar-refractivity contribution is 5.98. The molecule has 3 N–H and O–H groups in total. The van der Waals surface area contributed by atoms with Crippen molar-refractivity contribution in [3.63, 3.8) is 0 Å². The fraction of sp³-hybridized carbons (Fsp3) is 0.200. The Hall–Kier alpha value is -1.84. The molecule has 1 aromatic rings. The van der Waals surface area contributed by atoms with E-state index in [1.165, 1.54) is 0 Å². The predicted octanol–water partition coefficient (Wildman–Crippen LogP) is 0.562. The Morgan fingerprint density at radius 3 is 2.71 bits per heavy atom. The zero-order chi connectivity index (χ0) is 9.97. The van der Waals surface area contributed by atoms with Crippen LogP contribution >= 0.6 is 0 Å². The van der Waals surface area contributed by atoms with Crippen molar-refractivity contribution in [1.29, 1.82) is 0 Å². The van der Waals surface area contributed by atoms with Gasteiger partial charge in [0.15, 0.2) is 5.96 Å². The monoisotopic (exact) mass is 189 g/mol.